The average Bonchev–Trinajstić information content (AvgIpc) is 3.09. The van der Waals surface area contributed by atoms with Crippen LogP contribution in [0.15, 0.2) is 23.6 Å². The zero-order valence-electron chi connectivity index (χ0n) is 12.9. The quantitative estimate of drug-likeness (QED) is 0.905. The van der Waals surface area contributed by atoms with E-state index in [-0.39, 0.29) is 12.0 Å². The van der Waals surface area contributed by atoms with Crippen LogP contribution in [0.25, 0.3) is 0 Å². The van der Waals surface area contributed by atoms with Crippen molar-refractivity contribution in [3.05, 3.63) is 43.8 Å². The van der Waals surface area contributed by atoms with E-state index in [0.29, 0.717) is 6.54 Å². The number of piperidine rings is 1. The molecule has 3 rings (SSSR count). The maximum absolute atomic E-state index is 11.4. The van der Waals surface area contributed by atoms with Crippen LogP contribution in [0.2, 0.25) is 0 Å². The van der Waals surface area contributed by atoms with Gasteiger partial charge in [0.05, 0.1) is 12.0 Å². The minimum absolute atomic E-state index is 0.208. The number of hydrogen-bond donors (Lipinski definition) is 1. The van der Waals surface area contributed by atoms with Crippen LogP contribution in [0.4, 0.5) is 0 Å². The molecule has 1 saturated heterocycles. The van der Waals surface area contributed by atoms with Gasteiger partial charge in [0.25, 0.3) is 0 Å². The molecule has 1 aliphatic rings. The number of carbonyl (C=O) groups is 1. The molecule has 0 amide bonds. The molecule has 2 atom stereocenters. The summed E-state index contributed by atoms with van der Waals surface area (Å²) in [4.78, 5) is 17.7. The molecule has 3 heterocycles. The molecule has 0 radical (unpaired) electrons. The number of nitrogens with zero attached hydrogens (tertiary/aromatic N) is 1. The van der Waals surface area contributed by atoms with E-state index in [9.17, 15) is 9.90 Å². The summed E-state index contributed by atoms with van der Waals surface area (Å²) < 4.78 is 0. The fraction of sp³-hybridized carbons (Fsp3) is 0.471. The largest absolute Gasteiger partial charge is 0.481 e. The highest BCUT2D eigenvalue weighted by molar-refractivity contribution is 7.13. The molecular weight excluding hydrogens is 314 g/mol. The fourth-order valence-electron chi connectivity index (χ4n) is 3.14. The lowest BCUT2D eigenvalue weighted by Crippen LogP contribution is -2.40. The Kier molecular flexibility index (Phi) is 4.66. The Morgan fingerprint density at radius 1 is 1.36 bits per heavy atom. The molecule has 1 N–H and O–H groups in total. The van der Waals surface area contributed by atoms with Gasteiger partial charge in [-0.1, -0.05) is 0 Å². The highest BCUT2D eigenvalue weighted by Crippen LogP contribution is 2.38. The van der Waals surface area contributed by atoms with Crippen LogP contribution < -0.4 is 0 Å². The van der Waals surface area contributed by atoms with E-state index in [1.807, 2.05) is 11.3 Å². The van der Waals surface area contributed by atoms with Crippen molar-refractivity contribution in [1.29, 1.82) is 0 Å². The summed E-state index contributed by atoms with van der Waals surface area (Å²) in [5, 5.41) is 11.5. The lowest BCUT2D eigenvalue weighted by atomic mass is 9.96. The minimum atomic E-state index is -0.659. The second-order valence-corrected chi connectivity index (χ2v) is 8.31. The molecule has 0 bridgehead atoms. The molecule has 22 heavy (non-hydrogen) atoms. The van der Waals surface area contributed by atoms with Crippen molar-refractivity contribution in [2.75, 3.05) is 13.1 Å². The number of likely N-dealkylation sites (tertiary alicyclic amines) is 1. The van der Waals surface area contributed by atoms with Crippen LogP contribution >= 0.6 is 22.7 Å². The van der Waals surface area contributed by atoms with E-state index in [2.05, 4.69) is 42.3 Å². The molecule has 0 aliphatic carbocycles. The van der Waals surface area contributed by atoms with Gasteiger partial charge in [-0.15, -0.1) is 22.7 Å². The Bertz CT molecular complexity index is 621. The number of hydrogen-bond acceptors (Lipinski definition) is 4. The number of carboxylic acids is 1. The molecule has 5 heteroatoms. The van der Waals surface area contributed by atoms with Crippen LogP contribution in [-0.2, 0) is 4.79 Å². The summed E-state index contributed by atoms with van der Waals surface area (Å²) in [5.74, 6) is -0.897. The summed E-state index contributed by atoms with van der Waals surface area (Å²) in [6.07, 6.45) is 1.76. The van der Waals surface area contributed by atoms with Crippen LogP contribution in [-0.4, -0.2) is 29.1 Å². The first-order valence-corrected chi connectivity index (χ1v) is 9.32. The molecule has 3 nitrogen and oxygen atoms in total. The second-order valence-electron chi connectivity index (χ2n) is 6.05. The summed E-state index contributed by atoms with van der Waals surface area (Å²) >= 11 is 3.60. The minimum Gasteiger partial charge on any atom is -0.481 e. The van der Waals surface area contributed by atoms with Crippen molar-refractivity contribution < 1.29 is 9.90 Å². The third-order valence-electron chi connectivity index (χ3n) is 4.22. The summed E-state index contributed by atoms with van der Waals surface area (Å²) in [6.45, 7) is 5.87. The Labute approximate surface area is 139 Å². The number of aliphatic carboxylic acids is 1. The molecular formula is C17H21NO2S2. The van der Waals surface area contributed by atoms with E-state index >= 15 is 0 Å². The van der Waals surface area contributed by atoms with Gasteiger partial charge in [-0.05, 0) is 62.4 Å². The Balaban J connectivity index is 1.93. The highest BCUT2D eigenvalue weighted by Gasteiger charge is 2.32. The fourth-order valence-corrected chi connectivity index (χ4v) is 5.29. The maximum Gasteiger partial charge on any atom is 0.307 e. The Morgan fingerprint density at radius 3 is 2.77 bits per heavy atom. The first kappa shape index (κ1) is 15.7. The molecule has 2 unspecified atom stereocenters. The summed E-state index contributed by atoms with van der Waals surface area (Å²) in [5.41, 5.74) is 1.28. The third-order valence-corrected chi connectivity index (χ3v) is 6.37. The summed E-state index contributed by atoms with van der Waals surface area (Å²) in [7, 11) is 0. The van der Waals surface area contributed by atoms with Crippen LogP contribution in [0.3, 0.4) is 0 Å². The van der Waals surface area contributed by atoms with Gasteiger partial charge in [0.2, 0.25) is 0 Å². The smallest absolute Gasteiger partial charge is 0.307 e. The normalized spacial score (nSPS) is 20.9. The number of thiophene rings is 2. The SMILES string of the molecule is Cc1csc(C(c2ccc(C)s2)N2CCCC(C(=O)O)C2)c1. The van der Waals surface area contributed by atoms with Crippen LogP contribution in [0, 0.1) is 19.8 Å². The zero-order chi connectivity index (χ0) is 15.7. The van der Waals surface area contributed by atoms with Gasteiger partial charge in [-0.3, -0.25) is 9.69 Å². The lowest BCUT2D eigenvalue weighted by molar-refractivity contribution is -0.143. The predicted octanol–water partition coefficient (Wildman–Crippen LogP) is 4.31. The van der Waals surface area contributed by atoms with Gasteiger partial charge < -0.3 is 5.11 Å². The summed E-state index contributed by atoms with van der Waals surface area (Å²) in [6, 6.07) is 6.81. The van der Waals surface area contributed by atoms with Crippen LogP contribution in [0.5, 0.6) is 0 Å². The number of carboxylic acid groups (broad SMARTS) is 1. The van der Waals surface area contributed by atoms with Crippen molar-refractivity contribution in [3.8, 4) is 0 Å². The van der Waals surface area contributed by atoms with Gasteiger partial charge in [0.15, 0.2) is 0 Å². The molecule has 0 aromatic carbocycles. The zero-order valence-corrected chi connectivity index (χ0v) is 14.5. The molecule has 1 fully saturated rings. The first-order chi connectivity index (χ1) is 10.5. The number of rotatable bonds is 4. The van der Waals surface area contributed by atoms with E-state index in [4.69, 9.17) is 0 Å². The van der Waals surface area contributed by atoms with Gasteiger partial charge in [0, 0.05) is 21.2 Å². The van der Waals surface area contributed by atoms with E-state index in [0.717, 1.165) is 19.4 Å². The predicted molar refractivity (Wildman–Crippen MR) is 91.9 cm³/mol. The van der Waals surface area contributed by atoms with E-state index < -0.39 is 5.97 Å². The molecule has 1 aliphatic heterocycles. The van der Waals surface area contributed by atoms with Crippen molar-refractivity contribution in [2.24, 2.45) is 5.92 Å². The molecule has 0 spiro atoms. The topological polar surface area (TPSA) is 40.5 Å². The van der Waals surface area contributed by atoms with Gasteiger partial charge in [0.1, 0.15) is 0 Å². The third kappa shape index (κ3) is 3.26. The lowest BCUT2D eigenvalue weighted by Gasteiger charge is -2.36. The van der Waals surface area contributed by atoms with Gasteiger partial charge in [-0.2, -0.15) is 0 Å². The maximum atomic E-state index is 11.4. The average molecular weight is 335 g/mol. The molecule has 2 aromatic rings. The molecule has 2 aromatic heterocycles. The van der Waals surface area contributed by atoms with Crippen molar-refractivity contribution >= 4 is 28.6 Å². The second kappa shape index (κ2) is 6.52. The van der Waals surface area contributed by atoms with E-state index in [1.54, 1.807) is 11.3 Å². The standard InChI is InChI=1S/C17H21NO2S2/c1-11-8-15(21-10-11)16(14-6-5-12(2)22-14)18-7-3-4-13(9-18)17(19)20/h5-6,8,10,13,16H,3-4,7,9H2,1-2H3,(H,19,20). The Morgan fingerprint density at radius 2 is 2.18 bits per heavy atom. The van der Waals surface area contributed by atoms with Gasteiger partial charge >= 0.3 is 5.97 Å². The van der Waals surface area contributed by atoms with E-state index in [1.165, 1.54) is 20.2 Å². The molecule has 118 valence electrons. The highest BCUT2D eigenvalue weighted by atomic mass is 32.1. The molecule has 0 saturated carbocycles. The monoisotopic (exact) mass is 335 g/mol. The number of aryl methyl sites for hydroxylation is 2. The van der Waals surface area contributed by atoms with Crippen LogP contribution in [0.1, 0.15) is 39.1 Å². The first-order valence-electron chi connectivity index (χ1n) is 7.63. The van der Waals surface area contributed by atoms with Crippen molar-refractivity contribution in [3.63, 3.8) is 0 Å². The Hall–Kier alpha value is -1.17. The van der Waals surface area contributed by atoms with Crippen molar-refractivity contribution in [2.45, 2.75) is 32.7 Å². The van der Waals surface area contributed by atoms with Crippen molar-refractivity contribution in [1.82, 2.24) is 4.90 Å². The van der Waals surface area contributed by atoms with Gasteiger partial charge in [-0.25, -0.2) is 0 Å².